The summed E-state index contributed by atoms with van der Waals surface area (Å²) in [6, 6.07) is 11.6. The zero-order valence-corrected chi connectivity index (χ0v) is 12.8. The summed E-state index contributed by atoms with van der Waals surface area (Å²) >= 11 is 1.41. The molecule has 1 heterocycles. The number of aliphatic hydroxyl groups excluding tert-OH is 1. The van der Waals surface area contributed by atoms with E-state index in [1.54, 1.807) is 20.3 Å². The maximum atomic E-state index is 9.56. The zero-order chi connectivity index (χ0) is 15.1. The van der Waals surface area contributed by atoms with Crippen molar-refractivity contribution in [1.82, 2.24) is 9.97 Å². The molecule has 1 atom stereocenters. The van der Waals surface area contributed by atoms with Gasteiger partial charge < -0.3 is 14.6 Å². The molecule has 1 unspecified atom stereocenters. The third kappa shape index (κ3) is 4.61. The summed E-state index contributed by atoms with van der Waals surface area (Å²) in [5.41, 5.74) is 1.17. The second-order valence-corrected chi connectivity index (χ2v) is 5.61. The summed E-state index contributed by atoms with van der Waals surface area (Å²) in [5.74, 6) is 0.890. The number of methoxy groups -OCH3 is 2. The van der Waals surface area contributed by atoms with E-state index in [4.69, 9.17) is 9.47 Å². The van der Waals surface area contributed by atoms with Crippen LogP contribution in [-0.4, -0.2) is 41.2 Å². The second kappa shape index (κ2) is 7.85. The maximum Gasteiger partial charge on any atom is 0.220 e. The maximum absolute atomic E-state index is 9.56. The van der Waals surface area contributed by atoms with Crippen molar-refractivity contribution in [2.24, 2.45) is 0 Å². The Hall–Kier alpha value is -1.79. The fraction of sp³-hybridized carbons (Fsp3) is 0.333. The molecular weight excluding hydrogens is 288 g/mol. The molecular formula is C15H18N2O3S. The number of ether oxygens (including phenoxy) is 2. The molecule has 1 aromatic carbocycles. The van der Waals surface area contributed by atoms with Gasteiger partial charge in [0.1, 0.15) is 0 Å². The highest BCUT2D eigenvalue weighted by Gasteiger charge is 2.14. The van der Waals surface area contributed by atoms with E-state index in [2.05, 4.69) is 9.97 Å². The van der Waals surface area contributed by atoms with Crippen molar-refractivity contribution >= 4 is 11.8 Å². The fourth-order valence-electron chi connectivity index (χ4n) is 1.82. The summed E-state index contributed by atoms with van der Waals surface area (Å²) in [4.78, 5) is 8.54. The van der Waals surface area contributed by atoms with Crippen LogP contribution in [0, 0.1) is 0 Å². The van der Waals surface area contributed by atoms with E-state index in [1.165, 1.54) is 17.3 Å². The predicted molar refractivity (Wildman–Crippen MR) is 82.0 cm³/mol. The van der Waals surface area contributed by atoms with Crippen molar-refractivity contribution in [2.75, 3.05) is 20.8 Å². The van der Waals surface area contributed by atoms with E-state index in [-0.39, 0.29) is 11.9 Å². The first-order chi connectivity index (χ1) is 10.2. The van der Waals surface area contributed by atoms with Crippen molar-refractivity contribution < 1.29 is 14.6 Å². The molecule has 0 bridgehead atoms. The summed E-state index contributed by atoms with van der Waals surface area (Å²) in [7, 11) is 3.09. The van der Waals surface area contributed by atoms with Crippen LogP contribution < -0.4 is 9.47 Å². The van der Waals surface area contributed by atoms with Crippen LogP contribution in [0.15, 0.2) is 41.6 Å². The fourth-order valence-corrected chi connectivity index (χ4v) is 2.75. The summed E-state index contributed by atoms with van der Waals surface area (Å²) in [6.07, 6.45) is 0.741. The van der Waals surface area contributed by atoms with Gasteiger partial charge in [-0.05, 0) is 12.0 Å². The van der Waals surface area contributed by atoms with Gasteiger partial charge in [-0.25, -0.2) is 0 Å². The smallest absolute Gasteiger partial charge is 0.220 e. The van der Waals surface area contributed by atoms with Gasteiger partial charge in [-0.15, -0.1) is 0 Å². The third-order valence-corrected chi connectivity index (χ3v) is 3.90. The molecule has 112 valence electrons. The van der Waals surface area contributed by atoms with Gasteiger partial charge in [-0.3, -0.25) is 0 Å². The number of thioether (sulfide) groups is 1. The molecule has 6 heteroatoms. The average Bonchev–Trinajstić information content (AvgIpc) is 2.54. The van der Waals surface area contributed by atoms with Crippen LogP contribution >= 0.6 is 11.8 Å². The first kappa shape index (κ1) is 15.6. The van der Waals surface area contributed by atoms with Crippen molar-refractivity contribution in [1.29, 1.82) is 0 Å². The van der Waals surface area contributed by atoms with E-state index >= 15 is 0 Å². The molecule has 0 fully saturated rings. The van der Waals surface area contributed by atoms with E-state index in [1.807, 2.05) is 30.3 Å². The Labute approximate surface area is 128 Å². The summed E-state index contributed by atoms with van der Waals surface area (Å²) in [5, 5.41) is 10.1. The minimum Gasteiger partial charge on any atom is -0.481 e. The SMILES string of the molecule is COc1cc(OC)nc(SC(CO)Cc2ccccc2)n1. The predicted octanol–water partition coefficient (Wildman–Crippen LogP) is 2.19. The highest BCUT2D eigenvalue weighted by Crippen LogP contribution is 2.26. The summed E-state index contributed by atoms with van der Waals surface area (Å²) in [6.45, 7) is 0.0441. The number of rotatable bonds is 7. The zero-order valence-electron chi connectivity index (χ0n) is 12.0. The molecule has 0 saturated heterocycles. The van der Waals surface area contributed by atoms with Crippen LogP contribution in [0.2, 0.25) is 0 Å². The van der Waals surface area contributed by atoms with E-state index in [0.717, 1.165) is 6.42 Å². The van der Waals surface area contributed by atoms with Crippen LogP contribution in [0.1, 0.15) is 5.56 Å². The Kier molecular flexibility index (Phi) is 5.83. The number of aliphatic hydroxyl groups is 1. The lowest BCUT2D eigenvalue weighted by Gasteiger charge is -2.13. The number of nitrogens with zero attached hydrogens (tertiary/aromatic N) is 2. The standard InChI is InChI=1S/C15H18N2O3S/c1-19-13-9-14(20-2)17-15(16-13)21-12(10-18)8-11-6-4-3-5-7-11/h3-7,9,12,18H,8,10H2,1-2H3. The lowest BCUT2D eigenvalue weighted by atomic mass is 10.1. The number of hydrogen-bond donors (Lipinski definition) is 1. The Morgan fingerprint density at radius 3 is 2.24 bits per heavy atom. The Morgan fingerprint density at radius 1 is 1.10 bits per heavy atom. The lowest BCUT2D eigenvalue weighted by Crippen LogP contribution is -2.13. The molecule has 0 aliphatic heterocycles. The van der Waals surface area contributed by atoms with Gasteiger partial charge in [0.15, 0.2) is 5.16 Å². The molecule has 2 aromatic rings. The first-order valence-electron chi connectivity index (χ1n) is 6.53. The van der Waals surface area contributed by atoms with Crippen molar-refractivity contribution in [3.05, 3.63) is 42.0 Å². The van der Waals surface area contributed by atoms with Gasteiger partial charge >= 0.3 is 0 Å². The molecule has 5 nitrogen and oxygen atoms in total. The molecule has 0 spiro atoms. The Balaban J connectivity index is 2.11. The highest BCUT2D eigenvalue weighted by molar-refractivity contribution is 7.99. The van der Waals surface area contributed by atoms with Crippen LogP contribution in [0.25, 0.3) is 0 Å². The van der Waals surface area contributed by atoms with Crippen LogP contribution in [0.5, 0.6) is 11.8 Å². The second-order valence-electron chi connectivity index (χ2n) is 4.35. The van der Waals surface area contributed by atoms with Gasteiger partial charge in [0.05, 0.1) is 26.9 Å². The topological polar surface area (TPSA) is 64.5 Å². The Bertz CT molecular complexity index is 544. The van der Waals surface area contributed by atoms with Crippen LogP contribution in [0.4, 0.5) is 0 Å². The molecule has 1 aromatic heterocycles. The minimum absolute atomic E-state index is 0.0239. The molecule has 0 radical (unpaired) electrons. The van der Waals surface area contributed by atoms with Gasteiger partial charge in [0.25, 0.3) is 0 Å². The lowest BCUT2D eigenvalue weighted by molar-refractivity contribution is 0.294. The van der Waals surface area contributed by atoms with Crippen LogP contribution in [0.3, 0.4) is 0 Å². The van der Waals surface area contributed by atoms with Crippen LogP contribution in [-0.2, 0) is 6.42 Å². The van der Waals surface area contributed by atoms with E-state index in [9.17, 15) is 5.11 Å². The van der Waals surface area contributed by atoms with Gasteiger partial charge in [0, 0.05) is 5.25 Å². The largest absolute Gasteiger partial charge is 0.481 e. The van der Waals surface area contributed by atoms with E-state index in [0.29, 0.717) is 16.9 Å². The first-order valence-corrected chi connectivity index (χ1v) is 7.41. The minimum atomic E-state index is -0.0239. The number of benzene rings is 1. The van der Waals surface area contributed by atoms with Crippen molar-refractivity contribution in [2.45, 2.75) is 16.8 Å². The monoisotopic (exact) mass is 306 g/mol. The molecule has 0 amide bonds. The van der Waals surface area contributed by atoms with E-state index < -0.39 is 0 Å². The molecule has 2 rings (SSSR count). The molecule has 0 aliphatic carbocycles. The quantitative estimate of drug-likeness (QED) is 0.625. The van der Waals surface area contributed by atoms with Gasteiger partial charge in [-0.2, -0.15) is 9.97 Å². The molecule has 0 aliphatic rings. The van der Waals surface area contributed by atoms with Gasteiger partial charge in [-0.1, -0.05) is 42.1 Å². The van der Waals surface area contributed by atoms with Crippen molar-refractivity contribution in [3.63, 3.8) is 0 Å². The van der Waals surface area contributed by atoms with Crippen molar-refractivity contribution in [3.8, 4) is 11.8 Å². The molecule has 0 saturated carbocycles. The Morgan fingerprint density at radius 2 is 1.71 bits per heavy atom. The average molecular weight is 306 g/mol. The third-order valence-electron chi connectivity index (χ3n) is 2.86. The normalized spacial score (nSPS) is 12.0. The number of aromatic nitrogens is 2. The highest BCUT2D eigenvalue weighted by atomic mass is 32.2. The van der Waals surface area contributed by atoms with Gasteiger partial charge in [0.2, 0.25) is 11.8 Å². The molecule has 1 N–H and O–H groups in total. The summed E-state index contributed by atoms with van der Waals surface area (Å²) < 4.78 is 10.2. The molecule has 21 heavy (non-hydrogen) atoms. The number of hydrogen-bond acceptors (Lipinski definition) is 6.